The molecule has 0 spiro atoms. The zero-order valence-corrected chi connectivity index (χ0v) is 19.1. The van der Waals surface area contributed by atoms with Gasteiger partial charge in [0.2, 0.25) is 5.71 Å². The highest BCUT2D eigenvalue weighted by atomic mass is 19.1. The van der Waals surface area contributed by atoms with E-state index in [4.69, 9.17) is 19.0 Å². The first-order chi connectivity index (χ1) is 17.1. The van der Waals surface area contributed by atoms with Gasteiger partial charge >= 0.3 is 0 Å². The summed E-state index contributed by atoms with van der Waals surface area (Å²) in [5.41, 5.74) is 4.21. The molecule has 7 nitrogen and oxygen atoms in total. The number of benzene rings is 2. The summed E-state index contributed by atoms with van der Waals surface area (Å²) in [6, 6.07) is 18.1. The molecule has 1 aliphatic rings. The Morgan fingerprint density at radius 2 is 1.80 bits per heavy atom. The smallest absolute Gasteiger partial charge is 0.230 e. The number of fused-ring (bicyclic) bond motifs is 1. The Kier molecular flexibility index (Phi) is 5.39. The first-order valence-electron chi connectivity index (χ1n) is 11.4. The van der Waals surface area contributed by atoms with Gasteiger partial charge < -0.3 is 13.9 Å². The molecule has 3 aromatic heterocycles. The summed E-state index contributed by atoms with van der Waals surface area (Å²) in [4.78, 5) is 8.96. The summed E-state index contributed by atoms with van der Waals surface area (Å²) in [6.45, 7) is 1.79. The van der Waals surface area contributed by atoms with E-state index in [-0.39, 0.29) is 11.4 Å². The zero-order chi connectivity index (χ0) is 23.8. The minimum Gasteiger partial charge on any atom is -0.438 e. The van der Waals surface area contributed by atoms with Crippen LogP contribution in [0, 0.1) is 5.82 Å². The van der Waals surface area contributed by atoms with Crippen molar-refractivity contribution in [2.75, 3.05) is 20.3 Å². The molecule has 2 aromatic carbocycles. The van der Waals surface area contributed by atoms with Gasteiger partial charge in [-0.15, -0.1) is 0 Å². The number of hydrogen-bond acceptors (Lipinski definition) is 6. The Morgan fingerprint density at radius 1 is 1.00 bits per heavy atom. The third-order valence-electron chi connectivity index (χ3n) is 6.48. The molecule has 0 bridgehead atoms. The summed E-state index contributed by atoms with van der Waals surface area (Å²) in [5, 5.41) is 5.65. The van der Waals surface area contributed by atoms with Gasteiger partial charge in [-0.3, -0.25) is 4.68 Å². The molecular formula is C27H23FN4O3. The number of aromatic nitrogens is 4. The Labute approximate surface area is 201 Å². The highest BCUT2D eigenvalue weighted by molar-refractivity contribution is 5.95. The van der Waals surface area contributed by atoms with Crippen molar-refractivity contribution in [1.29, 1.82) is 0 Å². The topological polar surface area (TPSA) is 75.2 Å². The number of rotatable bonds is 7. The molecule has 1 saturated heterocycles. The Bertz CT molecular complexity index is 1470. The van der Waals surface area contributed by atoms with E-state index in [1.54, 1.807) is 19.2 Å². The van der Waals surface area contributed by atoms with Gasteiger partial charge in [0.05, 0.1) is 24.3 Å². The van der Waals surface area contributed by atoms with E-state index in [2.05, 4.69) is 9.97 Å². The second-order valence-electron chi connectivity index (χ2n) is 8.71. The quantitative estimate of drug-likeness (QED) is 0.319. The maximum atomic E-state index is 13.7. The van der Waals surface area contributed by atoms with E-state index in [9.17, 15) is 4.39 Å². The van der Waals surface area contributed by atoms with Crippen LogP contribution in [0.5, 0.6) is 0 Å². The van der Waals surface area contributed by atoms with Crippen molar-refractivity contribution in [1.82, 2.24) is 19.7 Å². The average molecular weight is 471 g/mol. The van der Waals surface area contributed by atoms with Gasteiger partial charge in [0.25, 0.3) is 0 Å². The van der Waals surface area contributed by atoms with Gasteiger partial charge in [-0.2, -0.15) is 5.10 Å². The number of nitrogens with zero attached hydrogens (tertiary/aromatic N) is 4. The number of ether oxygens (including phenoxy) is 2. The molecule has 0 atom stereocenters. The number of furan rings is 1. The highest BCUT2D eigenvalue weighted by Crippen LogP contribution is 2.37. The van der Waals surface area contributed by atoms with Crippen molar-refractivity contribution < 1.29 is 18.3 Å². The van der Waals surface area contributed by atoms with Gasteiger partial charge in [-0.05, 0) is 30.3 Å². The summed E-state index contributed by atoms with van der Waals surface area (Å²) in [7, 11) is 1.71. The number of halogens is 1. The molecule has 4 heterocycles. The fraction of sp³-hybridized carbons (Fsp3) is 0.222. The lowest BCUT2D eigenvalue weighted by Gasteiger charge is -2.40. The minimum absolute atomic E-state index is 0.278. The molecule has 176 valence electrons. The zero-order valence-electron chi connectivity index (χ0n) is 19.1. The fourth-order valence-corrected chi connectivity index (χ4v) is 4.36. The normalized spacial score (nSPS) is 14.8. The maximum Gasteiger partial charge on any atom is 0.230 e. The van der Waals surface area contributed by atoms with Crippen LogP contribution in [0.15, 0.2) is 77.6 Å². The number of methoxy groups -OCH3 is 1. The lowest BCUT2D eigenvalue weighted by molar-refractivity contribution is -0.200. The van der Waals surface area contributed by atoms with E-state index in [1.165, 1.54) is 18.5 Å². The predicted octanol–water partition coefficient (Wildman–Crippen LogP) is 5.36. The molecule has 0 unspecified atom stereocenters. The fourth-order valence-electron chi connectivity index (χ4n) is 4.36. The van der Waals surface area contributed by atoms with Gasteiger partial charge in [-0.25, -0.2) is 14.4 Å². The van der Waals surface area contributed by atoms with E-state index >= 15 is 0 Å². The van der Waals surface area contributed by atoms with E-state index < -0.39 is 0 Å². The molecule has 1 fully saturated rings. The van der Waals surface area contributed by atoms with Crippen LogP contribution in [0.1, 0.15) is 6.42 Å². The van der Waals surface area contributed by atoms with Crippen molar-refractivity contribution in [3.05, 3.63) is 79.0 Å². The summed E-state index contributed by atoms with van der Waals surface area (Å²) < 4.78 is 32.6. The molecular weight excluding hydrogens is 447 g/mol. The molecule has 35 heavy (non-hydrogen) atoms. The second-order valence-corrected chi connectivity index (χ2v) is 8.71. The molecule has 1 aliphatic heterocycles. The molecule has 5 aromatic rings. The van der Waals surface area contributed by atoms with Crippen LogP contribution in [0.25, 0.3) is 44.9 Å². The SMILES string of the molecule is COC1(CCn2cc(-c3ncnc4oc(-c5ccccc5)cc34)c(-c3ccc(F)cc3)n2)COC1. The minimum atomic E-state index is -0.298. The maximum absolute atomic E-state index is 13.7. The van der Waals surface area contributed by atoms with Crippen LogP contribution in [0.4, 0.5) is 4.39 Å². The highest BCUT2D eigenvalue weighted by Gasteiger charge is 2.38. The molecule has 0 amide bonds. The molecule has 0 saturated carbocycles. The van der Waals surface area contributed by atoms with Crippen LogP contribution >= 0.6 is 0 Å². The van der Waals surface area contributed by atoms with Crippen LogP contribution in [0.2, 0.25) is 0 Å². The lowest BCUT2D eigenvalue weighted by atomic mass is 9.98. The van der Waals surface area contributed by atoms with Crippen molar-refractivity contribution >= 4 is 11.1 Å². The van der Waals surface area contributed by atoms with Gasteiger partial charge in [0, 0.05) is 43.0 Å². The standard InChI is InChI=1S/C27H23FN4O3/c1-33-27(15-34-16-27)11-12-32-14-22(24(31-32)19-7-9-20(28)10-8-19)25-21-13-23(18-5-3-2-4-6-18)35-26(21)30-17-29-25/h2-10,13-14,17H,11-12,15-16H2,1H3. The lowest BCUT2D eigenvalue weighted by Crippen LogP contribution is -2.51. The summed E-state index contributed by atoms with van der Waals surface area (Å²) in [5.74, 6) is 0.415. The summed E-state index contributed by atoms with van der Waals surface area (Å²) in [6.07, 6.45) is 4.22. The van der Waals surface area contributed by atoms with Gasteiger partial charge in [0.15, 0.2) is 0 Å². The van der Waals surface area contributed by atoms with Crippen LogP contribution in [-0.2, 0) is 16.0 Å². The number of hydrogen-bond donors (Lipinski definition) is 0. The third-order valence-corrected chi connectivity index (χ3v) is 6.48. The van der Waals surface area contributed by atoms with Crippen molar-refractivity contribution in [2.45, 2.75) is 18.6 Å². The first kappa shape index (κ1) is 21.6. The van der Waals surface area contributed by atoms with Crippen LogP contribution in [0.3, 0.4) is 0 Å². The first-order valence-corrected chi connectivity index (χ1v) is 11.4. The van der Waals surface area contributed by atoms with Gasteiger partial charge in [-0.1, -0.05) is 30.3 Å². The van der Waals surface area contributed by atoms with Crippen LogP contribution in [-0.4, -0.2) is 45.7 Å². The molecule has 8 heteroatoms. The second kappa shape index (κ2) is 8.72. The van der Waals surface area contributed by atoms with Gasteiger partial charge in [0.1, 0.15) is 29.2 Å². The molecule has 0 N–H and O–H groups in total. The third kappa shape index (κ3) is 4.00. The Morgan fingerprint density at radius 3 is 2.51 bits per heavy atom. The van der Waals surface area contributed by atoms with Crippen molar-refractivity contribution in [3.63, 3.8) is 0 Å². The van der Waals surface area contributed by atoms with E-state index in [0.29, 0.717) is 42.6 Å². The summed E-state index contributed by atoms with van der Waals surface area (Å²) >= 11 is 0. The largest absolute Gasteiger partial charge is 0.438 e. The average Bonchev–Trinajstić information content (AvgIpc) is 3.49. The molecule has 0 radical (unpaired) electrons. The Balaban J connectivity index is 1.45. The predicted molar refractivity (Wildman–Crippen MR) is 129 cm³/mol. The van der Waals surface area contributed by atoms with Crippen molar-refractivity contribution in [3.8, 4) is 33.8 Å². The monoisotopic (exact) mass is 470 g/mol. The Hall–Kier alpha value is -3.88. The van der Waals surface area contributed by atoms with Crippen LogP contribution < -0.4 is 0 Å². The van der Waals surface area contributed by atoms with Crippen molar-refractivity contribution in [2.24, 2.45) is 0 Å². The molecule has 0 aliphatic carbocycles. The van der Waals surface area contributed by atoms with E-state index in [0.717, 1.165) is 28.5 Å². The number of aryl methyl sites for hydroxylation is 1. The van der Waals surface area contributed by atoms with E-state index in [1.807, 2.05) is 47.3 Å². The molecule has 6 rings (SSSR count).